The van der Waals surface area contributed by atoms with Crippen LogP contribution in [0.25, 0.3) is 16.5 Å². The number of allylic oxidation sites excluding steroid dienone is 1. The number of rotatable bonds is 6. The average Bonchev–Trinajstić information content (AvgIpc) is 3.30. The van der Waals surface area contributed by atoms with Crippen molar-refractivity contribution < 1.29 is 14.6 Å². The van der Waals surface area contributed by atoms with Gasteiger partial charge in [0.1, 0.15) is 18.1 Å². The summed E-state index contributed by atoms with van der Waals surface area (Å²) >= 11 is 0. The van der Waals surface area contributed by atoms with Crippen LogP contribution in [-0.4, -0.2) is 46.3 Å². The van der Waals surface area contributed by atoms with Crippen LogP contribution in [0.5, 0.6) is 11.5 Å². The van der Waals surface area contributed by atoms with Crippen molar-refractivity contribution in [3.63, 3.8) is 0 Å². The Balaban J connectivity index is 1.57. The number of aromatic hydroxyl groups is 1. The number of likely N-dealkylation sites (N-methyl/N-ethyl adjacent to an activating group) is 1. The van der Waals surface area contributed by atoms with Crippen LogP contribution in [-0.2, 0) is 13.1 Å². The highest BCUT2D eigenvalue weighted by Crippen LogP contribution is 2.32. The Morgan fingerprint density at radius 2 is 2.10 bits per heavy atom. The van der Waals surface area contributed by atoms with Gasteiger partial charge in [-0.2, -0.15) is 5.10 Å². The Labute approximate surface area is 169 Å². The molecule has 1 aliphatic heterocycles. The smallest absolute Gasteiger partial charge is 0.258 e. The van der Waals surface area contributed by atoms with Gasteiger partial charge in [0.2, 0.25) is 0 Å². The summed E-state index contributed by atoms with van der Waals surface area (Å²) < 4.78 is 5.72. The fourth-order valence-electron chi connectivity index (χ4n) is 3.60. The minimum absolute atomic E-state index is 0.0635. The van der Waals surface area contributed by atoms with E-state index in [0.717, 1.165) is 34.4 Å². The van der Waals surface area contributed by atoms with Gasteiger partial charge in [0.15, 0.2) is 0 Å². The first kappa shape index (κ1) is 19.0. The molecule has 0 atom stereocenters. The van der Waals surface area contributed by atoms with Gasteiger partial charge in [-0.25, -0.2) is 0 Å². The molecule has 4 rings (SSSR count). The molecule has 2 aromatic carbocycles. The summed E-state index contributed by atoms with van der Waals surface area (Å²) in [6, 6.07) is 9.14. The zero-order valence-corrected chi connectivity index (χ0v) is 16.6. The Bertz CT molecular complexity index is 1100. The molecule has 0 spiro atoms. The Hall–Kier alpha value is -3.32. The number of phenolic OH excluding ortho intramolecular Hbond substituents is 1. The summed E-state index contributed by atoms with van der Waals surface area (Å²) in [4.78, 5) is 14.9. The van der Waals surface area contributed by atoms with Gasteiger partial charge in [0.25, 0.3) is 5.91 Å². The molecule has 0 aliphatic carbocycles. The molecule has 0 saturated heterocycles. The summed E-state index contributed by atoms with van der Waals surface area (Å²) in [6.45, 7) is 8.12. The zero-order valence-electron chi connectivity index (χ0n) is 16.6. The lowest BCUT2D eigenvalue weighted by Crippen LogP contribution is -2.25. The highest BCUT2D eigenvalue weighted by Gasteiger charge is 2.27. The first-order valence-electron chi connectivity index (χ1n) is 9.53. The molecule has 1 aliphatic rings. The van der Waals surface area contributed by atoms with Crippen molar-refractivity contribution in [2.24, 2.45) is 0 Å². The van der Waals surface area contributed by atoms with E-state index in [0.29, 0.717) is 30.9 Å². The first-order valence-corrected chi connectivity index (χ1v) is 9.53. The normalized spacial score (nSPS) is 13.0. The number of aromatic amines is 1. The van der Waals surface area contributed by atoms with Crippen LogP contribution in [0.1, 0.15) is 34.1 Å². The zero-order chi connectivity index (χ0) is 20.5. The van der Waals surface area contributed by atoms with E-state index in [9.17, 15) is 9.90 Å². The quantitative estimate of drug-likeness (QED) is 0.561. The summed E-state index contributed by atoms with van der Waals surface area (Å²) in [5.41, 5.74) is 4.57. The molecule has 2 heterocycles. The van der Waals surface area contributed by atoms with Crippen LogP contribution in [0.4, 0.5) is 0 Å². The van der Waals surface area contributed by atoms with Crippen LogP contribution in [0.2, 0.25) is 0 Å². The molecular formula is C22H24N4O3. The highest BCUT2D eigenvalue weighted by molar-refractivity contribution is 6.02. The molecule has 1 aromatic heterocycles. The number of hydrogen-bond donors (Lipinski definition) is 3. The minimum atomic E-state index is -0.216. The van der Waals surface area contributed by atoms with Crippen LogP contribution in [0, 0.1) is 0 Å². The number of ether oxygens (including phenoxy) is 1. The Morgan fingerprint density at radius 3 is 2.86 bits per heavy atom. The maximum absolute atomic E-state index is 13.2. The van der Waals surface area contributed by atoms with E-state index >= 15 is 0 Å². The van der Waals surface area contributed by atoms with E-state index in [1.165, 1.54) is 0 Å². The number of nitrogens with one attached hydrogen (secondary N) is 2. The fraction of sp³-hybridized carbons (Fsp3) is 0.273. The molecular weight excluding hydrogens is 368 g/mol. The van der Waals surface area contributed by atoms with Gasteiger partial charge in [-0.1, -0.05) is 12.6 Å². The summed E-state index contributed by atoms with van der Waals surface area (Å²) in [5, 5.41) is 21.3. The highest BCUT2D eigenvalue weighted by atomic mass is 16.5. The minimum Gasteiger partial charge on any atom is -0.507 e. The molecule has 0 radical (unpaired) electrons. The fourth-order valence-corrected chi connectivity index (χ4v) is 3.60. The van der Waals surface area contributed by atoms with Gasteiger partial charge in [0.05, 0.1) is 16.8 Å². The number of nitrogens with zero attached hydrogens (tertiary/aromatic N) is 2. The standard InChI is InChI=1S/C22H24N4O3/c1-13(2)21-17-9-18(20(27)10-19(17)24-25-21)22(28)26-11-14-4-5-16(8-15(14)12-26)29-7-6-23-3/h4-5,8-10,23,27H,1,6-7,11-12H2,2-3H3,(H,24,25). The monoisotopic (exact) mass is 392 g/mol. The van der Waals surface area contributed by atoms with E-state index in [2.05, 4.69) is 22.1 Å². The third kappa shape index (κ3) is 3.56. The predicted octanol–water partition coefficient (Wildman–Crippen LogP) is 3.06. The molecule has 3 N–H and O–H groups in total. The maximum Gasteiger partial charge on any atom is 0.258 e. The number of benzene rings is 2. The third-order valence-electron chi connectivity index (χ3n) is 5.12. The topological polar surface area (TPSA) is 90.5 Å². The van der Waals surface area contributed by atoms with Crippen molar-refractivity contribution in [2.75, 3.05) is 20.2 Å². The molecule has 0 fully saturated rings. The maximum atomic E-state index is 13.2. The van der Waals surface area contributed by atoms with Crippen molar-refractivity contribution >= 4 is 22.4 Å². The number of hydrogen-bond acceptors (Lipinski definition) is 5. The molecule has 7 heteroatoms. The molecule has 150 valence electrons. The van der Waals surface area contributed by atoms with Crippen molar-refractivity contribution in [1.29, 1.82) is 0 Å². The summed E-state index contributed by atoms with van der Waals surface area (Å²) in [5.74, 6) is 0.514. The third-order valence-corrected chi connectivity index (χ3v) is 5.12. The summed E-state index contributed by atoms with van der Waals surface area (Å²) in [7, 11) is 1.88. The average molecular weight is 392 g/mol. The molecule has 0 unspecified atom stereocenters. The Morgan fingerprint density at radius 1 is 1.31 bits per heavy atom. The number of phenols is 1. The lowest BCUT2D eigenvalue weighted by Gasteiger charge is -2.16. The molecule has 3 aromatic rings. The van der Waals surface area contributed by atoms with Crippen LogP contribution < -0.4 is 10.1 Å². The van der Waals surface area contributed by atoms with Gasteiger partial charge in [0, 0.05) is 31.1 Å². The molecule has 7 nitrogen and oxygen atoms in total. The summed E-state index contributed by atoms with van der Waals surface area (Å²) in [6.07, 6.45) is 0. The van der Waals surface area contributed by atoms with Crippen LogP contribution in [0.15, 0.2) is 36.9 Å². The SMILES string of the molecule is C=C(C)c1n[nH]c2cc(O)c(C(=O)N3Cc4ccc(OCCNC)cc4C3)cc12. The molecule has 0 bridgehead atoms. The van der Waals surface area contributed by atoms with Crippen molar-refractivity contribution in [3.05, 3.63) is 59.3 Å². The lowest BCUT2D eigenvalue weighted by atomic mass is 10.1. The van der Waals surface area contributed by atoms with Gasteiger partial charge in [-0.3, -0.25) is 9.89 Å². The van der Waals surface area contributed by atoms with Crippen molar-refractivity contribution in [3.8, 4) is 11.5 Å². The molecule has 0 saturated carbocycles. The van der Waals surface area contributed by atoms with Crippen LogP contribution >= 0.6 is 0 Å². The second-order valence-corrected chi connectivity index (χ2v) is 7.31. The number of H-pyrrole nitrogens is 1. The van der Waals surface area contributed by atoms with Crippen molar-refractivity contribution in [1.82, 2.24) is 20.4 Å². The van der Waals surface area contributed by atoms with Gasteiger partial charge >= 0.3 is 0 Å². The van der Waals surface area contributed by atoms with E-state index < -0.39 is 0 Å². The second kappa shape index (κ2) is 7.60. The van der Waals surface area contributed by atoms with E-state index in [1.54, 1.807) is 17.0 Å². The van der Waals surface area contributed by atoms with Gasteiger partial charge in [-0.05, 0) is 48.9 Å². The van der Waals surface area contributed by atoms with Gasteiger partial charge < -0.3 is 20.1 Å². The lowest BCUT2D eigenvalue weighted by molar-refractivity contribution is 0.0748. The number of carbonyl (C=O) groups is 1. The number of carbonyl (C=O) groups excluding carboxylic acids is 1. The van der Waals surface area contributed by atoms with E-state index in [4.69, 9.17) is 4.74 Å². The Kier molecular flexibility index (Phi) is 4.98. The van der Waals surface area contributed by atoms with Crippen molar-refractivity contribution in [2.45, 2.75) is 20.0 Å². The van der Waals surface area contributed by atoms with Crippen LogP contribution in [0.3, 0.4) is 0 Å². The second-order valence-electron chi connectivity index (χ2n) is 7.31. The largest absolute Gasteiger partial charge is 0.507 e. The predicted molar refractivity (Wildman–Crippen MR) is 112 cm³/mol. The van der Waals surface area contributed by atoms with Gasteiger partial charge in [-0.15, -0.1) is 0 Å². The molecule has 29 heavy (non-hydrogen) atoms. The van der Waals surface area contributed by atoms with E-state index in [-0.39, 0.29) is 17.2 Å². The number of amides is 1. The first-order chi connectivity index (χ1) is 14.0. The van der Waals surface area contributed by atoms with E-state index in [1.807, 2.05) is 32.2 Å². The molecule has 1 amide bonds. The number of fused-ring (bicyclic) bond motifs is 2. The number of aromatic nitrogens is 2.